The lowest BCUT2D eigenvalue weighted by atomic mass is 10.1. The van der Waals surface area contributed by atoms with E-state index in [0.29, 0.717) is 22.7 Å². The van der Waals surface area contributed by atoms with Crippen LogP contribution in [0.2, 0.25) is 0 Å². The zero-order chi connectivity index (χ0) is 19.9. The highest BCUT2D eigenvalue weighted by Crippen LogP contribution is 2.15. The van der Waals surface area contributed by atoms with Gasteiger partial charge in [-0.2, -0.15) is 0 Å². The normalized spacial score (nSPS) is 10.6. The second-order valence-corrected chi connectivity index (χ2v) is 5.76. The molecule has 3 N–H and O–H groups in total. The minimum Gasteiger partial charge on any atom is -0.478 e. The number of hydrogen-bond acceptors (Lipinski definition) is 4. The van der Waals surface area contributed by atoms with Crippen molar-refractivity contribution < 1.29 is 23.9 Å². The summed E-state index contributed by atoms with van der Waals surface area (Å²) < 4.78 is 5.11. The maximum absolute atomic E-state index is 12.4. The van der Waals surface area contributed by atoms with E-state index in [1.807, 2.05) is 0 Å². The number of nitrogens with one attached hydrogen (secondary N) is 2. The molecule has 0 atom stereocenters. The maximum atomic E-state index is 12.4. The molecule has 0 saturated heterocycles. The topological polar surface area (TPSA) is 109 Å². The fourth-order valence-electron chi connectivity index (χ4n) is 2.37. The molecule has 2 aromatic carbocycles. The van der Waals surface area contributed by atoms with Gasteiger partial charge in [0.05, 0.1) is 11.8 Å². The van der Waals surface area contributed by atoms with Crippen LogP contribution in [0.25, 0.3) is 6.08 Å². The largest absolute Gasteiger partial charge is 0.478 e. The van der Waals surface area contributed by atoms with Crippen LogP contribution in [0, 0.1) is 0 Å². The van der Waals surface area contributed by atoms with Crippen LogP contribution in [0.1, 0.15) is 26.5 Å². The number of furan rings is 1. The van der Waals surface area contributed by atoms with Crippen LogP contribution < -0.4 is 10.6 Å². The lowest BCUT2D eigenvalue weighted by Gasteiger charge is -2.08. The van der Waals surface area contributed by atoms with Gasteiger partial charge in [0.1, 0.15) is 5.76 Å². The highest BCUT2D eigenvalue weighted by molar-refractivity contribution is 6.06. The predicted octanol–water partition coefficient (Wildman–Crippen LogP) is 3.88. The van der Waals surface area contributed by atoms with Gasteiger partial charge in [0.15, 0.2) is 0 Å². The first-order chi connectivity index (χ1) is 13.5. The van der Waals surface area contributed by atoms with E-state index in [0.717, 1.165) is 0 Å². The third-order valence-electron chi connectivity index (χ3n) is 3.72. The van der Waals surface area contributed by atoms with Gasteiger partial charge in [-0.3, -0.25) is 9.59 Å². The Balaban J connectivity index is 1.64. The Kier molecular flexibility index (Phi) is 5.66. The molecule has 3 rings (SSSR count). The van der Waals surface area contributed by atoms with Crippen LogP contribution >= 0.6 is 0 Å². The summed E-state index contributed by atoms with van der Waals surface area (Å²) in [6, 6.07) is 15.7. The van der Waals surface area contributed by atoms with Crippen LogP contribution in [-0.4, -0.2) is 22.9 Å². The molecule has 1 aromatic heterocycles. The molecule has 0 bridgehead atoms. The van der Waals surface area contributed by atoms with E-state index in [2.05, 4.69) is 10.6 Å². The zero-order valence-corrected chi connectivity index (χ0v) is 14.6. The Labute approximate surface area is 160 Å². The Morgan fingerprint density at radius 3 is 2.32 bits per heavy atom. The molecule has 0 radical (unpaired) electrons. The van der Waals surface area contributed by atoms with Crippen molar-refractivity contribution in [2.24, 2.45) is 0 Å². The van der Waals surface area contributed by atoms with Crippen molar-refractivity contribution in [3.05, 3.63) is 89.9 Å². The number of hydrogen-bond donors (Lipinski definition) is 3. The van der Waals surface area contributed by atoms with Crippen molar-refractivity contribution in [1.29, 1.82) is 0 Å². The number of aromatic carboxylic acids is 1. The van der Waals surface area contributed by atoms with E-state index in [9.17, 15) is 14.4 Å². The van der Waals surface area contributed by atoms with Gasteiger partial charge in [0, 0.05) is 23.0 Å². The third kappa shape index (κ3) is 4.95. The van der Waals surface area contributed by atoms with Crippen LogP contribution in [0.4, 0.5) is 11.4 Å². The highest BCUT2D eigenvalue weighted by Gasteiger charge is 2.09. The van der Waals surface area contributed by atoms with Gasteiger partial charge >= 0.3 is 5.97 Å². The number of rotatable bonds is 6. The molecule has 0 aliphatic heterocycles. The number of amides is 2. The summed E-state index contributed by atoms with van der Waals surface area (Å²) in [6.45, 7) is 0. The maximum Gasteiger partial charge on any atom is 0.335 e. The molecule has 0 spiro atoms. The Bertz CT molecular complexity index is 1020. The molecule has 0 saturated carbocycles. The highest BCUT2D eigenvalue weighted by atomic mass is 16.4. The van der Waals surface area contributed by atoms with E-state index < -0.39 is 5.97 Å². The number of benzene rings is 2. The van der Waals surface area contributed by atoms with Crippen molar-refractivity contribution in [2.75, 3.05) is 10.6 Å². The van der Waals surface area contributed by atoms with Gasteiger partial charge in [-0.25, -0.2) is 4.79 Å². The molecule has 0 unspecified atom stereocenters. The summed E-state index contributed by atoms with van der Waals surface area (Å²) in [6.07, 6.45) is 4.37. The molecule has 3 aromatic rings. The van der Waals surface area contributed by atoms with E-state index >= 15 is 0 Å². The SMILES string of the molecule is O=C(C=Cc1ccco1)Nc1cccc(C(=O)Nc2ccc(C(=O)O)cc2)c1. The first kappa shape index (κ1) is 18.7. The average Bonchev–Trinajstić information content (AvgIpc) is 3.21. The smallest absolute Gasteiger partial charge is 0.335 e. The van der Waals surface area contributed by atoms with Gasteiger partial charge in [-0.15, -0.1) is 0 Å². The zero-order valence-electron chi connectivity index (χ0n) is 14.6. The summed E-state index contributed by atoms with van der Waals surface area (Å²) in [4.78, 5) is 35.2. The van der Waals surface area contributed by atoms with Crippen LogP contribution in [0.15, 0.2) is 77.4 Å². The van der Waals surface area contributed by atoms with Crippen molar-refractivity contribution in [3.8, 4) is 0 Å². The summed E-state index contributed by atoms with van der Waals surface area (Å²) in [5.41, 5.74) is 1.40. The number of carbonyl (C=O) groups excluding carboxylic acids is 2. The summed E-state index contributed by atoms with van der Waals surface area (Å²) >= 11 is 0. The van der Waals surface area contributed by atoms with E-state index in [4.69, 9.17) is 9.52 Å². The average molecular weight is 376 g/mol. The Morgan fingerprint density at radius 2 is 1.64 bits per heavy atom. The fraction of sp³-hybridized carbons (Fsp3) is 0. The van der Waals surface area contributed by atoms with Crippen LogP contribution in [-0.2, 0) is 4.79 Å². The van der Waals surface area contributed by atoms with Gasteiger partial charge in [0.2, 0.25) is 5.91 Å². The van der Waals surface area contributed by atoms with Crippen molar-refractivity contribution in [1.82, 2.24) is 0 Å². The predicted molar refractivity (Wildman–Crippen MR) is 104 cm³/mol. The monoisotopic (exact) mass is 376 g/mol. The van der Waals surface area contributed by atoms with E-state index in [1.54, 1.807) is 36.4 Å². The van der Waals surface area contributed by atoms with Gasteiger partial charge in [-0.05, 0) is 60.7 Å². The first-order valence-electron chi connectivity index (χ1n) is 8.28. The van der Waals surface area contributed by atoms with Crippen molar-refractivity contribution in [3.63, 3.8) is 0 Å². The van der Waals surface area contributed by atoms with Crippen molar-refractivity contribution >= 4 is 35.2 Å². The molecule has 0 aliphatic rings. The van der Waals surface area contributed by atoms with Gasteiger partial charge < -0.3 is 20.2 Å². The minimum atomic E-state index is -1.04. The third-order valence-corrected chi connectivity index (χ3v) is 3.72. The number of anilines is 2. The number of carboxylic acid groups (broad SMARTS) is 1. The molecule has 28 heavy (non-hydrogen) atoms. The molecule has 0 fully saturated rings. The fourth-order valence-corrected chi connectivity index (χ4v) is 2.37. The van der Waals surface area contributed by atoms with Crippen LogP contribution in [0.5, 0.6) is 0 Å². The number of carboxylic acids is 1. The second-order valence-electron chi connectivity index (χ2n) is 5.76. The molecule has 0 aliphatic carbocycles. The summed E-state index contributed by atoms with van der Waals surface area (Å²) in [5.74, 6) is -1.23. The number of carbonyl (C=O) groups is 3. The molecule has 7 heteroatoms. The van der Waals surface area contributed by atoms with Gasteiger partial charge in [-0.1, -0.05) is 6.07 Å². The second kappa shape index (κ2) is 8.50. The minimum absolute atomic E-state index is 0.130. The Morgan fingerprint density at radius 1 is 0.857 bits per heavy atom. The lowest BCUT2D eigenvalue weighted by Crippen LogP contribution is -2.13. The molecule has 140 valence electrons. The molecule has 7 nitrogen and oxygen atoms in total. The van der Waals surface area contributed by atoms with Gasteiger partial charge in [0.25, 0.3) is 5.91 Å². The summed E-state index contributed by atoms with van der Waals surface area (Å²) in [7, 11) is 0. The first-order valence-corrected chi connectivity index (χ1v) is 8.28. The van der Waals surface area contributed by atoms with E-state index in [-0.39, 0.29) is 17.4 Å². The molecular weight excluding hydrogens is 360 g/mol. The molecular formula is C21H16N2O5. The molecule has 2 amide bonds. The quantitative estimate of drug-likeness (QED) is 0.566. The lowest BCUT2D eigenvalue weighted by molar-refractivity contribution is -0.111. The van der Waals surface area contributed by atoms with Crippen molar-refractivity contribution in [2.45, 2.75) is 0 Å². The molecule has 1 heterocycles. The Hall–Kier alpha value is -4.13. The standard InChI is InChI=1S/C21H16N2O5/c24-19(11-10-18-5-2-12-28-18)22-17-4-1-3-15(13-17)20(25)23-16-8-6-14(7-9-16)21(26)27/h1-13H,(H,22,24)(H,23,25)(H,26,27). The van der Waals surface area contributed by atoms with Crippen LogP contribution in [0.3, 0.4) is 0 Å². The summed E-state index contributed by atoms with van der Waals surface area (Å²) in [5, 5.41) is 14.2. The van der Waals surface area contributed by atoms with E-state index in [1.165, 1.54) is 42.7 Å².